The Morgan fingerprint density at radius 1 is 1.06 bits per heavy atom. The van der Waals surface area contributed by atoms with E-state index in [0.717, 1.165) is 24.0 Å². The number of hydrogen-bond donors (Lipinski definition) is 0. The van der Waals surface area contributed by atoms with Gasteiger partial charge in [0.05, 0.1) is 37.3 Å². The van der Waals surface area contributed by atoms with E-state index in [1.807, 2.05) is 25.1 Å². The molecule has 7 heteroatoms. The molecule has 0 bridgehead atoms. The van der Waals surface area contributed by atoms with Crippen LogP contribution in [0, 0.1) is 6.92 Å². The molecule has 1 amide bonds. The lowest BCUT2D eigenvalue weighted by Crippen LogP contribution is -2.36. The van der Waals surface area contributed by atoms with Crippen LogP contribution in [-0.4, -0.2) is 44.3 Å². The molecule has 7 nitrogen and oxygen atoms in total. The molecule has 2 aromatic carbocycles. The van der Waals surface area contributed by atoms with E-state index in [2.05, 4.69) is 0 Å². The van der Waals surface area contributed by atoms with E-state index in [0.29, 0.717) is 41.2 Å². The Bertz CT molecular complexity index is 1260. The van der Waals surface area contributed by atoms with Crippen molar-refractivity contribution in [1.82, 2.24) is 4.90 Å². The summed E-state index contributed by atoms with van der Waals surface area (Å²) in [6.07, 6.45) is 1.77. The highest BCUT2D eigenvalue weighted by Gasteiger charge is 2.44. The van der Waals surface area contributed by atoms with Gasteiger partial charge in [-0.1, -0.05) is 17.7 Å². The summed E-state index contributed by atoms with van der Waals surface area (Å²) < 4.78 is 22.7. The minimum atomic E-state index is -0.595. The molecule has 0 N–H and O–H groups in total. The molecule has 0 saturated carbocycles. The smallest absolute Gasteiger partial charge is 0.291 e. The van der Waals surface area contributed by atoms with Crippen molar-refractivity contribution in [2.75, 3.05) is 27.4 Å². The van der Waals surface area contributed by atoms with Gasteiger partial charge >= 0.3 is 0 Å². The zero-order valence-corrected chi connectivity index (χ0v) is 18.3. The number of carbonyl (C=O) groups excluding carboxylic acids is 1. The number of ether oxygens (including phenoxy) is 3. The van der Waals surface area contributed by atoms with Crippen LogP contribution >= 0.6 is 0 Å². The quantitative estimate of drug-likeness (QED) is 0.606. The van der Waals surface area contributed by atoms with E-state index in [4.69, 9.17) is 18.6 Å². The molecule has 2 aliphatic heterocycles. The Kier molecular flexibility index (Phi) is 5.13. The molecule has 0 spiro atoms. The van der Waals surface area contributed by atoms with Gasteiger partial charge in [-0.3, -0.25) is 9.59 Å². The Morgan fingerprint density at radius 3 is 2.59 bits per heavy atom. The number of hydrogen-bond acceptors (Lipinski definition) is 6. The van der Waals surface area contributed by atoms with E-state index in [1.54, 1.807) is 37.3 Å². The molecule has 2 atom stereocenters. The van der Waals surface area contributed by atoms with Crippen molar-refractivity contribution in [3.8, 4) is 11.5 Å². The highest BCUT2D eigenvalue weighted by Crippen LogP contribution is 2.41. The zero-order chi connectivity index (χ0) is 22.4. The van der Waals surface area contributed by atoms with Crippen LogP contribution in [0.4, 0.5) is 0 Å². The van der Waals surface area contributed by atoms with Crippen molar-refractivity contribution >= 4 is 16.9 Å². The molecule has 3 aromatic rings. The third-order valence-electron chi connectivity index (χ3n) is 6.27. The average Bonchev–Trinajstić information content (AvgIpc) is 3.41. The lowest BCUT2D eigenvalue weighted by Gasteiger charge is -2.27. The molecule has 2 aliphatic rings. The maximum Gasteiger partial charge on any atom is 0.291 e. The fourth-order valence-electron chi connectivity index (χ4n) is 4.70. The van der Waals surface area contributed by atoms with E-state index in [1.165, 1.54) is 0 Å². The largest absolute Gasteiger partial charge is 0.493 e. The lowest BCUT2D eigenvalue weighted by molar-refractivity contribution is 0.0486. The number of fused-ring (bicyclic) bond motifs is 2. The summed E-state index contributed by atoms with van der Waals surface area (Å²) in [6.45, 7) is 2.99. The van der Waals surface area contributed by atoms with Crippen LogP contribution in [0.1, 0.15) is 46.1 Å². The summed E-state index contributed by atoms with van der Waals surface area (Å²) in [5, 5.41) is 0.473. The maximum absolute atomic E-state index is 13.6. The molecule has 0 unspecified atom stereocenters. The predicted molar refractivity (Wildman–Crippen MR) is 119 cm³/mol. The van der Waals surface area contributed by atoms with Crippen LogP contribution in [0.25, 0.3) is 11.0 Å². The van der Waals surface area contributed by atoms with Crippen LogP contribution in [0.5, 0.6) is 11.5 Å². The Balaban J connectivity index is 1.71. The fourth-order valence-corrected chi connectivity index (χ4v) is 4.70. The van der Waals surface area contributed by atoms with Crippen molar-refractivity contribution in [2.45, 2.75) is 31.9 Å². The molecule has 0 aliphatic carbocycles. The van der Waals surface area contributed by atoms with Gasteiger partial charge in [-0.2, -0.15) is 0 Å². The maximum atomic E-state index is 13.6. The summed E-state index contributed by atoms with van der Waals surface area (Å²) in [7, 11) is 3.13. The van der Waals surface area contributed by atoms with Gasteiger partial charge in [-0.25, -0.2) is 0 Å². The number of carbonyl (C=O) groups is 1. The van der Waals surface area contributed by atoms with Crippen molar-refractivity contribution in [2.24, 2.45) is 0 Å². The molecule has 5 rings (SSSR count). The van der Waals surface area contributed by atoms with Gasteiger partial charge in [-0.05, 0) is 49.6 Å². The highest BCUT2D eigenvalue weighted by atomic mass is 16.5. The van der Waals surface area contributed by atoms with Crippen LogP contribution in [0.2, 0.25) is 0 Å². The van der Waals surface area contributed by atoms with Crippen molar-refractivity contribution in [3.63, 3.8) is 0 Å². The van der Waals surface area contributed by atoms with Gasteiger partial charge in [-0.15, -0.1) is 0 Å². The molecule has 0 radical (unpaired) electrons. The van der Waals surface area contributed by atoms with E-state index in [-0.39, 0.29) is 23.2 Å². The van der Waals surface area contributed by atoms with Gasteiger partial charge in [0.15, 0.2) is 16.9 Å². The second-order valence-electron chi connectivity index (χ2n) is 8.28. The Labute approximate surface area is 185 Å². The number of nitrogens with zero attached hydrogens (tertiary/aromatic N) is 1. The normalized spacial score (nSPS) is 20.1. The number of benzene rings is 2. The molecule has 1 fully saturated rings. The molecular formula is C25H25NO6. The first-order valence-electron chi connectivity index (χ1n) is 10.7. The number of rotatable bonds is 5. The lowest BCUT2D eigenvalue weighted by atomic mass is 9.97. The second kappa shape index (κ2) is 7.98. The summed E-state index contributed by atoms with van der Waals surface area (Å²) >= 11 is 0. The molecule has 1 aromatic heterocycles. The third-order valence-corrected chi connectivity index (χ3v) is 6.27. The van der Waals surface area contributed by atoms with Gasteiger partial charge in [0.25, 0.3) is 5.91 Å². The van der Waals surface area contributed by atoms with E-state index in [9.17, 15) is 9.59 Å². The van der Waals surface area contributed by atoms with Gasteiger partial charge in [0.1, 0.15) is 5.58 Å². The number of methoxy groups -OCH3 is 2. The van der Waals surface area contributed by atoms with Gasteiger partial charge in [0, 0.05) is 13.2 Å². The molecule has 32 heavy (non-hydrogen) atoms. The number of amides is 1. The van der Waals surface area contributed by atoms with Crippen molar-refractivity contribution in [3.05, 3.63) is 69.1 Å². The highest BCUT2D eigenvalue weighted by molar-refractivity contribution is 5.99. The molecular weight excluding hydrogens is 410 g/mol. The molecule has 166 valence electrons. The minimum absolute atomic E-state index is 0.0670. The second-order valence-corrected chi connectivity index (χ2v) is 8.28. The Hall–Kier alpha value is -3.32. The number of aryl methyl sites for hydroxylation is 1. The third kappa shape index (κ3) is 3.24. The minimum Gasteiger partial charge on any atom is -0.493 e. The first kappa shape index (κ1) is 20.6. The van der Waals surface area contributed by atoms with Crippen LogP contribution in [0.15, 0.2) is 45.6 Å². The van der Waals surface area contributed by atoms with Crippen LogP contribution in [-0.2, 0) is 4.74 Å². The predicted octanol–water partition coefficient (Wildman–Crippen LogP) is 3.84. The first-order valence-corrected chi connectivity index (χ1v) is 10.7. The fraction of sp³-hybridized carbons (Fsp3) is 0.360. The summed E-state index contributed by atoms with van der Waals surface area (Å²) in [6, 6.07) is 10.3. The SMILES string of the molecule is COc1ccc([C@@H]2c3c(oc4ccc(C)cc4c3=O)C(=O)N2C[C@@H]2CCCO2)cc1OC. The standard InChI is InChI=1S/C25H25NO6/c1-14-6-8-18-17(11-14)23(27)21-22(15-7-9-19(29-2)20(12-15)30-3)26(25(28)24(21)32-18)13-16-5-4-10-31-16/h6-9,11-12,16,22H,4-5,10,13H2,1-3H3/t16-,22+/m0/s1. The van der Waals surface area contributed by atoms with Gasteiger partial charge in [0.2, 0.25) is 5.76 Å². The molecule has 1 saturated heterocycles. The van der Waals surface area contributed by atoms with Gasteiger partial charge < -0.3 is 23.5 Å². The first-order chi connectivity index (χ1) is 15.5. The van der Waals surface area contributed by atoms with Crippen LogP contribution in [0.3, 0.4) is 0 Å². The van der Waals surface area contributed by atoms with Crippen LogP contribution < -0.4 is 14.9 Å². The van der Waals surface area contributed by atoms with Crippen molar-refractivity contribution in [1.29, 1.82) is 0 Å². The Morgan fingerprint density at radius 2 is 1.88 bits per heavy atom. The summed E-state index contributed by atoms with van der Waals surface area (Å²) in [5.74, 6) is 0.913. The van der Waals surface area contributed by atoms with E-state index < -0.39 is 6.04 Å². The van der Waals surface area contributed by atoms with E-state index >= 15 is 0 Å². The monoisotopic (exact) mass is 435 g/mol. The summed E-state index contributed by atoms with van der Waals surface area (Å²) in [5.41, 5.74) is 2.30. The molecule has 3 heterocycles. The topological polar surface area (TPSA) is 78.2 Å². The average molecular weight is 435 g/mol. The zero-order valence-electron chi connectivity index (χ0n) is 18.3. The summed E-state index contributed by atoms with van der Waals surface area (Å²) in [4.78, 5) is 28.8. The van der Waals surface area contributed by atoms with Crippen molar-refractivity contribution < 1.29 is 23.4 Å².